The predicted octanol–water partition coefficient (Wildman–Crippen LogP) is 4.35. The Hall–Kier alpha value is -0.380. The van der Waals surface area contributed by atoms with E-state index in [9.17, 15) is 0 Å². The lowest BCUT2D eigenvalue weighted by atomic mass is 10.0. The molecule has 0 aliphatic rings. The number of nitrogens with two attached hydrogens (primary N) is 1. The summed E-state index contributed by atoms with van der Waals surface area (Å²) in [4.78, 5) is 2.55. The molecule has 19 heavy (non-hydrogen) atoms. The standard InChI is InChI=1S/C16H27BrN2/c1-3-5-10-19(11-6-4-2)16(13-18)14-8-7-9-15(17)12-14/h7-9,12,16H,3-6,10-11,13,18H2,1-2H3. The third kappa shape index (κ3) is 5.64. The van der Waals surface area contributed by atoms with Crippen molar-refractivity contribution in [2.75, 3.05) is 19.6 Å². The third-order valence-corrected chi connectivity index (χ3v) is 3.99. The van der Waals surface area contributed by atoms with E-state index in [1.165, 1.54) is 31.2 Å². The van der Waals surface area contributed by atoms with Crippen LogP contribution in [0.3, 0.4) is 0 Å². The summed E-state index contributed by atoms with van der Waals surface area (Å²) in [6.45, 7) is 7.46. The smallest absolute Gasteiger partial charge is 0.0470 e. The Kier molecular flexibility index (Phi) is 8.35. The van der Waals surface area contributed by atoms with Crippen molar-refractivity contribution >= 4 is 15.9 Å². The summed E-state index contributed by atoms with van der Waals surface area (Å²) in [5, 5.41) is 0. The first-order valence-electron chi connectivity index (χ1n) is 7.42. The lowest BCUT2D eigenvalue weighted by Gasteiger charge is -2.31. The van der Waals surface area contributed by atoms with Gasteiger partial charge in [-0.2, -0.15) is 0 Å². The van der Waals surface area contributed by atoms with Crippen LogP contribution in [0.4, 0.5) is 0 Å². The summed E-state index contributed by atoms with van der Waals surface area (Å²) >= 11 is 3.55. The van der Waals surface area contributed by atoms with E-state index in [4.69, 9.17) is 5.73 Å². The molecule has 2 nitrogen and oxygen atoms in total. The minimum absolute atomic E-state index is 0.343. The fraction of sp³-hybridized carbons (Fsp3) is 0.625. The number of benzene rings is 1. The summed E-state index contributed by atoms with van der Waals surface area (Å²) < 4.78 is 1.13. The maximum Gasteiger partial charge on any atom is 0.0470 e. The van der Waals surface area contributed by atoms with Gasteiger partial charge in [0.25, 0.3) is 0 Å². The molecule has 108 valence electrons. The van der Waals surface area contributed by atoms with Crippen molar-refractivity contribution in [1.82, 2.24) is 4.90 Å². The second-order valence-corrected chi connectivity index (χ2v) is 5.97. The molecular formula is C16H27BrN2. The van der Waals surface area contributed by atoms with Crippen molar-refractivity contribution in [3.05, 3.63) is 34.3 Å². The van der Waals surface area contributed by atoms with Gasteiger partial charge in [0.2, 0.25) is 0 Å². The quantitative estimate of drug-likeness (QED) is 0.730. The molecule has 0 spiro atoms. The lowest BCUT2D eigenvalue weighted by Crippen LogP contribution is -2.35. The van der Waals surface area contributed by atoms with Gasteiger partial charge in [0.05, 0.1) is 0 Å². The molecule has 1 aromatic carbocycles. The van der Waals surface area contributed by atoms with E-state index >= 15 is 0 Å². The molecule has 1 aromatic rings. The maximum atomic E-state index is 6.04. The van der Waals surface area contributed by atoms with Crippen molar-refractivity contribution < 1.29 is 0 Å². The monoisotopic (exact) mass is 326 g/mol. The van der Waals surface area contributed by atoms with Gasteiger partial charge in [-0.3, -0.25) is 4.90 Å². The molecule has 1 rings (SSSR count). The van der Waals surface area contributed by atoms with Crippen molar-refractivity contribution in [3.8, 4) is 0 Å². The molecule has 1 atom stereocenters. The van der Waals surface area contributed by atoms with Crippen molar-refractivity contribution in [1.29, 1.82) is 0 Å². The second kappa shape index (κ2) is 9.51. The summed E-state index contributed by atoms with van der Waals surface area (Å²) in [7, 11) is 0. The van der Waals surface area contributed by atoms with E-state index in [1.807, 2.05) is 0 Å². The SMILES string of the molecule is CCCCN(CCCC)C(CN)c1cccc(Br)c1. The zero-order chi connectivity index (χ0) is 14.1. The minimum atomic E-state index is 0.343. The van der Waals surface area contributed by atoms with E-state index in [-0.39, 0.29) is 0 Å². The Morgan fingerprint density at radius 3 is 2.26 bits per heavy atom. The van der Waals surface area contributed by atoms with Gasteiger partial charge in [-0.25, -0.2) is 0 Å². The molecule has 0 aliphatic carbocycles. The molecule has 0 aromatic heterocycles. The van der Waals surface area contributed by atoms with Crippen LogP contribution >= 0.6 is 15.9 Å². The molecule has 0 bridgehead atoms. The van der Waals surface area contributed by atoms with Crippen LogP contribution in [0, 0.1) is 0 Å². The fourth-order valence-electron chi connectivity index (χ4n) is 2.36. The normalized spacial score (nSPS) is 12.9. The molecule has 0 aliphatic heterocycles. The van der Waals surface area contributed by atoms with Crippen LogP contribution in [-0.2, 0) is 0 Å². The van der Waals surface area contributed by atoms with Crippen LogP contribution in [0.15, 0.2) is 28.7 Å². The van der Waals surface area contributed by atoms with Crippen LogP contribution in [0.2, 0.25) is 0 Å². The number of hydrogen-bond acceptors (Lipinski definition) is 2. The Labute approximate surface area is 126 Å². The van der Waals surface area contributed by atoms with Gasteiger partial charge in [-0.15, -0.1) is 0 Å². The highest BCUT2D eigenvalue weighted by atomic mass is 79.9. The highest BCUT2D eigenvalue weighted by Crippen LogP contribution is 2.23. The number of unbranched alkanes of at least 4 members (excludes halogenated alkanes) is 2. The van der Waals surface area contributed by atoms with Gasteiger partial charge in [0.1, 0.15) is 0 Å². The lowest BCUT2D eigenvalue weighted by molar-refractivity contribution is 0.195. The molecule has 3 heteroatoms. The maximum absolute atomic E-state index is 6.04. The van der Waals surface area contributed by atoms with Crippen LogP contribution in [0.1, 0.15) is 51.1 Å². The van der Waals surface area contributed by atoms with Gasteiger partial charge in [0, 0.05) is 17.1 Å². The van der Waals surface area contributed by atoms with Gasteiger partial charge < -0.3 is 5.73 Å². The van der Waals surface area contributed by atoms with Crippen molar-refractivity contribution in [2.45, 2.75) is 45.6 Å². The topological polar surface area (TPSA) is 29.3 Å². The van der Waals surface area contributed by atoms with Crippen molar-refractivity contribution in [3.63, 3.8) is 0 Å². The number of halogens is 1. The fourth-order valence-corrected chi connectivity index (χ4v) is 2.77. The molecule has 0 radical (unpaired) electrons. The Balaban J connectivity index is 2.81. The van der Waals surface area contributed by atoms with E-state index in [2.05, 4.69) is 58.9 Å². The van der Waals surface area contributed by atoms with Gasteiger partial charge in [-0.1, -0.05) is 54.8 Å². The van der Waals surface area contributed by atoms with Gasteiger partial charge in [0.15, 0.2) is 0 Å². The van der Waals surface area contributed by atoms with Crippen LogP contribution < -0.4 is 5.73 Å². The molecule has 0 amide bonds. The average Bonchev–Trinajstić information content (AvgIpc) is 2.42. The Bertz CT molecular complexity index is 346. The number of nitrogens with zero attached hydrogens (tertiary/aromatic N) is 1. The Morgan fingerprint density at radius 2 is 1.79 bits per heavy atom. The first-order valence-corrected chi connectivity index (χ1v) is 8.21. The zero-order valence-corrected chi connectivity index (χ0v) is 13.8. The van der Waals surface area contributed by atoms with Crippen LogP contribution in [-0.4, -0.2) is 24.5 Å². The Morgan fingerprint density at radius 1 is 1.16 bits per heavy atom. The molecule has 1 unspecified atom stereocenters. The first kappa shape index (κ1) is 16.7. The minimum Gasteiger partial charge on any atom is -0.329 e. The molecule has 2 N–H and O–H groups in total. The van der Waals surface area contributed by atoms with E-state index < -0.39 is 0 Å². The molecule has 0 heterocycles. The molecular weight excluding hydrogens is 300 g/mol. The zero-order valence-electron chi connectivity index (χ0n) is 12.2. The highest BCUT2D eigenvalue weighted by Gasteiger charge is 2.18. The highest BCUT2D eigenvalue weighted by molar-refractivity contribution is 9.10. The number of hydrogen-bond donors (Lipinski definition) is 1. The summed E-state index contributed by atoms with van der Waals surface area (Å²) in [5.74, 6) is 0. The largest absolute Gasteiger partial charge is 0.329 e. The van der Waals surface area contributed by atoms with Crippen LogP contribution in [0.25, 0.3) is 0 Å². The number of rotatable bonds is 9. The molecule has 0 fully saturated rings. The average molecular weight is 327 g/mol. The van der Waals surface area contributed by atoms with E-state index in [1.54, 1.807) is 0 Å². The second-order valence-electron chi connectivity index (χ2n) is 5.05. The summed E-state index contributed by atoms with van der Waals surface area (Å²) in [6.07, 6.45) is 4.96. The van der Waals surface area contributed by atoms with E-state index in [0.717, 1.165) is 17.6 Å². The summed E-state index contributed by atoms with van der Waals surface area (Å²) in [6, 6.07) is 8.89. The predicted molar refractivity (Wildman–Crippen MR) is 87.3 cm³/mol. The molecule has 0 saturated carbocycles. The molecule has 0 saturated heterocycles. The summed E-state index contributed by atoms with van der Waals surface area (Å²) in [5.41, 5.74) is 7.37. The van der Waals surface area contributed by atoms with Crippen LogP contribution in [0.5, 0.6) is 0 Å². The van der Waals surface area contributed by atoms with Crippen molar-refractivity contribution in [2.24, 2.45) is 5.73 Å². The third-order valence-electron chi connectivity index (χ3n) is 3.50. The van der Waals surface area contributed by atoms with Gasteiger partial charge >= 0.3 is 0 Å². The first-order chi connectivity index (χ1) is 9.22. The van der Waals surface area contributed by atoms with Gasteiger partial charge in [-0.05, 0) is 43.6 Å². The van der Waals surface area contributed by atoms with E-state index in [0.29, 0.717) is 12.6 Å².